The summed E-state index contributed by atoms with van der Waals surface area (Å²) in [5.41, 5.74) is -1.46. The van der Waals surface area contributed by atoms with Gasteiger partial charge in [-0.2, -0.15) is 0 Å². The lowest BCUT2D eigenvalue weighted by molar-refractivity contribution is -0.0407. The largest absolute Gasteiger partial charge is 0.385 e. The topological polar surface area (TPSA) is 91.3 Å². The van der Waals surface area contributed by atoms with E-state index in [9.17, 15) is 14.2 Å². The molecule has 10 heteroatoms. The maximum absolute atomic E-state index is 11.2. The molecule has 1 heterocycles. The fourth-order valence-corrected chi connectivity index (χ4v) is 3.24. The van der Waals surface area contributed by atoms with Gasteiger partial charge in [0, 0.05) is 25.5 Å². The third-order valence-electron chi connectivity index (χ3n) is 2.33. The van der Waals surface area contributed by atoms with Gasteiger partial charge in [-0.3, -0.25) is 9.13 Å². The predicted molar refractivity (Wildman–Crippen MR) is 76.9 cm³/mol. The maximum Gasteiger partial charge on any atom is 0.318 e. The third kappa shape index (κ3) is 6.61. The minimum Gasteiger partial charge on any atom is -0.385 e. The SMILES string of the molecule is CO[PH](=O)OCC(O)(CO[PH](=O)OC)Cc1cccs1. The molecule has 20 heavy (non-hydrogen) atoms. The van der Waals surface area contributed by atoms with Gasteiger partial charge in [0.2, 0.25) is 0 Å². The molecule has 0 bridgehead atoms. The van der Waals surface area contributed by atoms with Gasteiger partial charge in [0.05, 0.1) is 13.2 Å². The van der Waals surface area contributed by atoms with E-state index in [1.54, 1.807) is 0 Å². The Balaban J connectivity index is 2.65. The van der Waals surface area contributed by atoms with Crippen LogP contribution in [0.5, 0.6) is 0 Å². The second-order valence-electron chi connectivity index (χ2n) is 3.97. The Morgan fingerprint density at radius 1 is 1.20 bits per heavy atom. The Hall–Kier alpha value is -0.0400. The van der Waals surface area contributed by atoms with E-state index in [1.165, 1.54) is 25.6 Å². The lowest BCUT2D eigenvalue weighted by atomic mass is 10.0. The van der Waals surface area contributed by atoms with E-state index in [0.29, 0.717) is 0 Å². The quantitative estimate of drug-likeness (QED) is 0.650. The van der Waals surface area contributed by atoms with E-state index in [0.717, 1.165) is 4.88 Å². The summed E-state index contributed by atoms with van der Waals surface area (Å²) < 4.78 is 41.3. The zero-order valence-electron chi connectivity index (χ0n) is 11.2. The second-order valence-corrected chi connectivity index (χ2v) is 7.39. The summed E-state index contributed by atoms with van der Waals surface area (Å²) in [5, 5.41) is 12.3. The van der Waals surface area contributed by atoms with Crippen LogP contribution in [-0.4, -0.2) is 38.1 Å². The average molecular weight is 344 g/mol. The molecule has 0 saturated heterocycles. The molecule has 0 saturated carbocycles. The predicted octanol–water partition coefficient (Wildman–Crippen LogP) is 2.13. The van der Waals surface area contributed by atoms with Crippen LogP contribution in [0, 0.1) is 0 Å². The van der Waals surface area contributed by atoms with E-state index < -0.39 is 22.1 Å². The molecule has 0 aliphatic rings. The highest BCUT2D eigenvalue weighted by molar-refractivity contribution is 7.33. The Labute approximate surface area is 122 Å². The molecule has 0 amide bonds. The summed E-state index contributed by atoms with van der Waals surface area (Å²) in [7, 11) is -2.79. The Morgan fingerprint density at radius 2 is 1.75 bits per heavy atom. The molecule has 1 rings (SSSR count). The Bertz CT molecular complexity index is 417. The molecular formula is C10H18O7P2S. The Morgan fingerprint density at radius 3 is 2.15 bits per heavy atom. The van der Waals surface area contributed by atoms with Crippen LogP contribution in [0.25, 0.3) is 0 Å². The fourth-order valence-electron chi connectivity index (χ4n) is 1.39. The van der Waals surface area contributed by atoms with Gasteiger partial charge in [0.25, 0.3) is 0 Å². The van der Waals surface area contributed by atoms with Gasteiger partial charge in [-0.05, 0) is 11.4 Å². The van der Waals surface area contributed by atoms with Crippen molar-refractivity contribution >= 4 is 27.8 Å². The first-order valence-electron chi connectivity index (χ1n) is 5.65. The third-order valence-corrected chi connectivity index (χ3v) is 4.64. The van der Waals surface area contributed by atoms with Crippen LogP contribution in [0.2, 0.25) is 0 Å². The van der Waals surface area contributed by atoms with Crippen LogP contribution in [-0.2, 0) is 33.6 Å². The minimum atomic E-state index is -2.65. The molecule has 116 valence electrons. The number of hydrogen-bond donors (Lipinski definition) is 1. The molecule has 0 radical (unpaired) electrons. The van der Waals surface area contributed by atoms with Crippen LogP contribution < -0.4 is 0 Å². The van der Waals surface area contributed by atoms with E-state index in [-0.39, 0.29) is 19.6 Å². The van der Waals surface area contributed by atoms with Crippen molar-refractivity contribution in [2.45, 2.75) is 12.0 Å². The highest BCUT2D eigenvalue weighted by atomic mass is 32.1. The number of aliphatic hydroxyl groups is 1. The number of hydrogen-bond acceptors (Lipinski definition) is 8. The number of thiophene rings is 1. The summed E-state index contributed by atoms with van der Waals surface area (Å²) in [6.07, 6.45) is 0.225. The molecule has 2 unspecified atom stereocenters. The Kier molecular flexibility index (Phi) is 8.17. The first-order valence-corrected chi connectivity index (χ1v) is 8.98. The van der Waals surface area contributed by atoms with Gasteiger partial charge in [-0.15, -0.1) is 11.3 Å². The van der Waals surface area contributed by atoms with Gasteiger partial charge in [-0.1, -0.05) is 6.07 Å². The van der Waals surface area contributed by atoms with E-state index in [2.05, 4.69) is 9.05 Å². The van der Waals surface area contributed by atoms with Crippen molar-refractivity contribution in [1.82, 2.24) is 0 Å². The lowest BCUT2D eigenvalue weighted by Crippen LogP contribution is -2.40. The van der Waals surface area contributed by atoms with Crippen molar-refractivity contribution in [3.8, 4) is 0 Å². The molecule has 2 atom stereocenters. The van der Waals surface area contributed by atoms with Gasteiger partial charge < -0.3 is 23.2 Å². The van der Waals surface area contributed by atoms with Crippen molar-refractivity contribution in [2.24, 2.45) is 0 Å². The lowest BCUT2D eigenvalue weighted by Gasteiger charge is -2.26. The highest BCUT2D eigenvalue weighted by Crippen LogP contribution is 2.30. The van der Waals surface area contributed by atoms with Crippen LogP contribution in [0.3, 0.4) is 0 Å². The average Bonchev–Trinajstić information content (AvgIpc) is 2.95. The molecule has 0 aliphatic carbocycles. The van der Waals surface area contributed by atoms with E-state index >= 15 is 0 Å². The summed E-state index contributed by atoms with van der Waals surface area (Å²) in [6.45, 7) is -0.509. The molecule has 0 spiro atoms. The molecule has 0 fully saturated rings. The van der Waals surface area contributed by atoms with Crippen molar-refractivity contribution in [3.05, 3.63) is 22.4 Å². The van der Waals surface area contributed by atoms with Crippen LogP contribution in [0.4, 0.5) is 0 Å². The smallest absolute Gasteiger partial charge is 0.318 e. The second kappa shape index (κ2) is 9.07. The van der Waals surface area contributed by atoms with Crippen LogP contribution in [0.15, 0.2) is 17.5 Å². The molecule has 1 aromatic rings. The molecule has 0 aliphatic heterocycles. The van der Waals surface area contributed by atoms with Gasteiger partial charge in [-0.25, -0.2) is 0 Å². The summed E-state index contributed by atoms with van der Waals surface area (Å²) in [6, 6.07) is 3.69. The van der Waals surface area contributed by atoms with Gasteiger partial charge >= 0.3 is 16.5 Å². The van der Waals surface area contributed by atoms with Crippen LogP contribution in [0.1, 0.15) is 4.88 Å². The fraction of sp³-hybridized carbons (Fsp3) is 0.600. The van der Waals surface area contributed by atoms with Gasteiger partial charge in [0.15, 0.2) is 0 Å². The standard InChI is InChI=1S/C10H18O7P2S/c1-14-18(12)16-7-10(11,8-17-19(13)15-2)6-9-4-3-5-20-9/h3-5,11,18-19H,6-8H2,1-2H3. The van der Waals surface area contributed by atoms with Crippen LogP contribution >= 0.6 is 27.8 Å². The van der Waals surface area contributed by atoms with Crippen molar-refractivity contribution in [1.29, 1.82) is 0 Å². The first-order chi connectivity index (χ1) is 9.49. The van der Waals surface area contributed by atoms with E-state index in [1.807, 2.05) is 17.5 Å². The molecule has 7 nitrogen and oxygen atoms in total. The highest BCUT2D eigenvalue weighted by Gasteiger charge is 2.30. The van der Waals surface area contributed by atoms with E-state index in [4.69, 9.17) is 9.05 Å². The summed E-state index contributed by atoms with van der Waals surface area (Å²) in [5.74, 6) is 0. The molecule has 1 N–H and O–H groups in total. The zero-order valence-corrected chi connectivity index (χ0v) is 14.0. The minimum absolute atomic E-state index is 0.225. The number of rotatable bonds is 10. The molecule has 1 aromatic heterocycles. The molecular weight excluding hydrogens is 326 g/mol. The van der Waals surface area contributed by atoms with Crippen molar-refractivity contribution in [2.75, 3.05) is 27.4 Å². The van der Waals surface area contributed by atoms with Crippen molar-refractivity contribution in [3.63, 3.8) is 0 Å². The summed E-state index contributed by atoms with van der Waals surface area (Å²) >= 11 is 1.46. The summed E-state index contributed by atoms with van der Waals surface area (Å²) in [4.78, 5) is 0.897. The van der Waals surface area contributed by atoms with Crippen molar-refractivity contribution < 1.29 is 32.3 Å². The molecule has 0 aromatic carbocycles. The monoisotopic (exact) mass is 344 g/mol. The zero-order chi connectivity index (χ0) is 15.0. The van der Waals surface area contributed by atoms with Gasteiger partial charge in [0.1, 0.15) is 5.60 Å². The first kappa shape index (κ1) is 18.0. The normalized spacial score (nSPS) is 17.6. The maximum atomic E-state index is 11.2.